The van der Waals surface area contributed by atoms with Crippen molar-refractivity contribution in [3.05, 3.63) is 34.7 Å². The maximum atomic E-state index is 12.3. The summed E-state index contributed by atoms with van der Waals surface area (Å²) in [6.45, 7) is 1.90. The number of halogens is 1. The quantitative estimate of drug-likeness (QED) is 0.794. The summed E-state index contributed by atoms with van der Waals surface area (Å²) in [5.74, 6) is 0. The first-order valence-electron chi connectivity index (χ1n) is 5.93. The van der Waals surface area contributed by atoms with Crippen molar-refractivity contribution in [2.24, 2.45) is 7.05 Å². The molecule has 110 valence electrons. The van der Waals surface area contributed by atoms with Gasteiger partial charge in [-0.05, 0) is 25.1 Å². The van der Waals surface area contributed by atoms with E-state index in [0.29, 0.717) is 5.69 Å². The minimum absolute atomic E-state index is 0.0669. The smallest absolute Gasteiger partial charge is 0.282 e. The molecule has 0 spiro atoms. The van der Waals surface area contributed by atoms with Gasteiger partial charge in [-0.15, -0.1) is 11.3 Å². The van der Waals surface area contributed by atoms with Crippen LogP contribution in [0.3, 0.4) is 0 Å². The topological polar surface area (TPSA) is 76.9 Å². The number of hydrogen-bond acceptors (Lipinski definition) is 5. The molecule has 6 nitrogen and oxygen atoms in total. The van der Waals surface area contributed by atoms with Gasteiger partial charge in [-0.3, -0.25) is 4.72 Å². The van der Waals surface area contributed by atoms with E-state index >= 15 is 0 Å². The van der Waals surface area contributed by atoms with Crippen molar-refractivity contribution in [1.82, 2.24) is 14.5 Å². The Balaban J connectivity index is 1.98. The highest BCUT2D eigenvalue weighted by Crippen LogP contribution is 2.27. The molecule has 0 unspecified atom stereocenters. The minimum Gasteiger partial charge on any atom is -0.324 e. The molecule has 0 amide bonds. The summed E-state index contributed by atoms with van der Waals surface area (Å²) in [5.41, 5.74) is 1.30. The molecule has 9 heteroatoms. The Kier molecular flexibility index (Phi) is 3.39. The third-order valence-corrected chi connectivity index (χ3v) is 5.64. The molecule has 0 saturated heterocycles. The van der Waals surface area contributed by atoms with Gasteiger partial charge in [-0.25, -0.2) is 9.97 Å². The van der Waals surface area contributed by atoms with Crippen molar-refractivity contribution < 1.29 is 8.42 Å². The zero-order valence-corrected chi connectivity index (χ0v) is 13.6. The third-order valence-electron chi connectivity index (χ3n) is 2.84. The van der Waals surface area contributed by atoms with Crippen LogP contribution in [0, 0.1) is 6.92 Å². The molecule has 0 radical (unpaired) electrons. The highest BCUT2D eigenvalue weighted by Gasteiger charge is 2.22. The lowest BCUT2D eigenvalue weighted by Gasteiger charge is -2.06. The molecule has 0 saturated carbocycles. The Morgan fingerprint density at radius 2 is 2.14 bits per heavy atom. The molecule has 3 aromatic rings. The number of anilines is 1. The van der Waals surface area contributed by atoms with E-state index in [-0.39, 0.29) is 10.2 Å². The van der Waals surface area contributed by atoms with Crippen molar-refractivity contribution in [2.75, 3.05) is 4.72 Å². The molecule has 2 heterocycles. The van der Waals surface area contributed by atoms with Gasteiger partial charge in [0.2, 0.25) is 5.03 Å². The number of aromatic nitrogens is 3. The predicted molar refractivity (Wildman–Crippen MR) is 83.4 cm³/mol. The third kappa shape index (κ3) is 2.61. The number of fused-ring (bicyclic) bond motifs is 1. The number of rotatable bonds is 3. The van der Waals surface area contributed by atoms with Crippen LogP contribution in [-0.4, -0.2) is 23.0 Å². The Labute approximate surface area is 130 Å². The molecule has 0 atom stereocenters. The van der Waals surface area contributed by atoms with Gasteiger partial charge in [0.15, 0.2) is 0 Å². The molecule has 1 N–H and O–H groups in total. The predicted octanol–water partition coefficient (Wildman–Crippen LogP) is 2.79. The van der Waals surface area contributed by atoms with Crippen LogP contribution in [-0.2, 0) is 17.1 Å². The summed E-state index contributed by atoms with van der Waals surface area (Å²) in [6.07, 6.45) is 1.35. The van der Waals surface area contributed by atoms with Crippen molar-refractivity contribution in [3.63, 3.8) is 0 Å². The molecular formula is C12H11ClN4O2S2. The number of sulfonamides is 1. The highest BCUT2D eigenvalue weighted by molar-refractivity contribution is 7.92. The molecule has 0 aliphatic carbocycles. The van der Waals surface area contributed by atoms with Gasteiger partial charge in [0, 0.05) is 7.05 Å². The Hall–Kier alpha value is -1.64. The Morgan fingerprint density at radius 1 is 1.38 bits per heavy atom. The Morgan fingerprint density at radius 3 is 2.81 bits per heavy atom. The van der Waals surface area contributed by atoms with Gasteiger partial charge in [-0.1, -0.05) is 11.6 Å². The molecule has 0 aliphatic heterocycles. The molecule has 0 aliphatic rings. The summed E-state index contributed by atoms with van der Waals surface area (Å²) < 4.78 is 29.4. The van der Waals surface area contributed by atoms with Gasteiger partial charge in [0.1, 0.15) is 5.15 Å². The lowest BCUT2D eigenvalue weighted by molar-refractivity contribution is 0.598. The van der Waals surface area contributed by atoms with Crippen LogP contribution >= 0.6 is 22.9 Å². The summed E-state index contributed by atoms with van der Waals surface area (Å²) in [4.78, 5) is 8.15. The van der Waals surface area contributed by atoms with E-state index in [4.69, 9.17) is 11.6 Å². The van der Waals surface area contributed by atoms with Crippen molar-refractivity contribution in [3.8, 4) is 0 Å². The van der Waals surface area contributed by atoms with E-state index in [2.05, 4.69) is 14.7 Å². The van der Waals surface area contributed by atoms with Crippen molar-refractivity contribution in [2.45, 2.75) is 11.9 Å². The van der Waals surface area contributed by atoms with E-state index in [1.807, 2.05) is 6.92 Å². The van der Waals surface area contributed by atoms with Crippen molar-refractivity contribution in [1.29, 1.82) is 0 Å². The first kappa shape index (κ1) is 14.3. The number of aryl methyl sites for hydroxylation is 2. The highest BCUT2D eigenvalue weighted by atomic mass is 35.5. The van der Waals surface area contributed by atoms with E-state index in [1.54, 1.807) is 25.2 Å². The number of nitrogens with zero attached hydrogens (tertiary/aromatic N) is 3. The molecule has 3 rings (SSSR count). The molecule has 1 aromatic carbocycles. The maximum absolute atomic E-state index is 12.3. The van der Waals surface area contributed by atoms with Crippen LogP contribution in [0.1, 0.15) is 5.01 Å². The SMILES string of the molecule is Cc1nc2ccc(NS(=O)(=O)c3ncn(C)c3Cl)cc2s1. The summed E-state index contributed by atoms with van der Waals surface area (Å²) in [5, 5.41) is 0.808. The lowest BCUT2D eigenvalue weighted by Crippen LogP contribution is -2.14. The first-order valence-corrected chi connectivity index (χ1v) is 8.61. The fourth-order valence-electron chi connectivity index (χ4n) is 1.88. The molecular weight excluding hydrogens is 332 g/mol. The second-order valence-electron chi connectivity index (χ2n) is 4.47. The zero-order chi connectivity index (χ0) is 15.2. The fraction of sp³-hybridized carbons (Fsp3) is 0.167. The van der Waals surface area contributed by atoms with E-state index in [1.165, 1.54) is 22.2 Å². The number of nitrogens with one attached hydrogen (secondary N) is 1. The summed E-state index contributed by atoms with van der Waals surface area (Å²) >= 11 is 7.43. The van der Waals surface area contributed by atoms with E-state index < -0.39 is 10.0 Å². The number of thiazole rings is 1. The van der Waals surface area contributed by atoms with Crippen LogP contribution < -0.4 is 4.72 Å². The van der Waals surface area contributed by atoms with Crippen LogP contribution in [0.2, 0.25) is 5.15 Å². The Bertz CT molecular complexity index is 930. The van der Waals surface area contributed by atoms with Gasteiger partial charge in [0.25, 0.3) is 10.0 Å². The first-order chi connectivity index (χ1) is 9.87. The number of hydrogen-bond donors (Lipinski definition) is 1. The summed E-state index contributed by atoms with van der Waals surface area (Å²) in [7, 11) is -2.19. The van der Waals surface area contributed by atoms with Gasteiger partial charge in [-0.2, -0.15) is 8.42 Å². The monoisotopic (exact) mass is 342 g/mol. The molecule has 2 aromatic heterocycles. The van der Waals surface area contributed by atoms with Crippen LogP contribution in [0.15, 0.2) is 29.6 Å². The van der Waals surface area contributed by atoms with Gasteiger partial charge in [0.05, 0.1) is 27.2 Å². The van der Waals surface area contributed by atoms with Crippen LogP contribution in [0.5, 0.6) is 0 Å². The van der Waals surface area contributed by atoms with Crippen LogP contribution in [0.25, 0.3) is 10.2 Å². The second-order valence-corrected chi connectivity index (χ2v) is 7.66. The number of imidazole rings is 1. The summed E-state index contributed by atoms with van der Waals surface area (Å²) in [6, 6.07) is 5.18. The van der Waals surface area contributed by atoms with Crippen LogP contribution in [0.4, 0.5) is 5.69 Å². The van der Waals surface area contributed by atoms with Gasteiger partial charge >= 0.3 is 0 Å². The number of benzene rings is 1. The average molecular weight is 343 g/mol. The largest absolute Gasteiger partial charge is 0.324 e. The maximum Gasteiger partial charge on any atom is 0.282 e. The lowest BCUT2D eigenvalue weighted by atomic mass is 10.3. The van der Waals surface area contributed by atoms with E-state index in [0.717, 1.165) is 15.2 Å². The second kappa shape index (κ2) is 4.97. The molecule has 0 fully saturated rings. The van der Waals surface area contributed by atoms with Crippen molar-refractivity contribution >= 4 is 48.9 Å². The van der Waals surface area contributed by atoms with E-state index in [9.17, 15) is 8.42 Å². The zero-order valence-electron chi connectivity index (χ0n) is 11.2. The fourth-order valence-corrected chi connectivity index (χ4v) is 4.23. The van der Waals surface area contributed by atoms with Gasteiger partial charge < -0.3 is 4.57 Å². The standard InChI is InChI=1S/C12H11ClN4O2S2/c1-7-15-9-4-3-8(5-10(9)20-7)16-21(18,19)12-11(13)17(2)6-14-12/h3-6,16H,1-2H3. The molecule has 21 heavy (non-hydrogen) atoms. The molecule has 0 bridgehead atoms. The minimum atomic E-state index is -3.81. The average Bonchev–Trinajstić information content (AvgIpc) is 2.92. The normalized spacial score (nSPS) is 12.0.